The van der Waals surface area contributed by atoms with Crippen LogP contribution in [0.1, 0.15) is 30.0 Å². The van der Waals surface area contributed by atoms with Crippen molar-refractivity contribution in [1.29, 1.82) is 5.26 Å². The lowest BCUT2D eigenvalue weighted by molar-refractivity contribution is -0.122. The molecule has 0 aliphatic carbocycles. The summed E-state index contributed by atoms with van der Waals surface area (Å²) in [7, 11) is 0. The molecule has 0 unspecified atom stereocenters. The Morgan fingerprint density at radius 3 is 2.48 bits per heavy atom. The van der Waals surface area contributed by atoms with E-state index < -0.39 is 0 Å². The quantitative estimate of drug-likeness (QED) is 0.402. The van der Waals surface area contributed by atoms with Gasteiger partial charge < -0.3 is 4.74 Å². The van der Waals surface area contributed by atoms with Crippen molar-refractivity contribution in [3.8, 4) is 11.8 Å². The number of hydrogen-bond acceptors (Lipinski definition) is 5. The Balaban J connectivity index is 1.48. The normalized spacial score (nSPS) is 15.8. The molecule has 0 atom stereocenters. The van der Waals surface area contributed by atoms with Gasteiger partial charge in [0.05, 0.1) is 22.2 Å². The number of carbonyl (C=O) groups is 1. The zero-order chi connectivity index (χ0) is 23.0. The van der Waals surface area contributed by atoms with E-state index in [1.165, 1.54) is 11.8 Å². The first-order chi connectivity index (χ1) is 16.2. The van der Waals surface area contributed by atoms with Gasteiger partial charge in [0.25, 0.3) is 5.91 Å². The van der Waals surface area contributed by atoms with Crippen molar-refractivity contribution < 1.29 is 9.53 Å². The highest BCUT2D eigenvalue weighted by atomic mass is 32.2. The molecule has 1 aliphatic rings. The predicted molar refractivity (Wildman–Crippen MR) is 133 cm³/mol. The van der Waals surface area contributed by atoms with Gasteiger partial charge in [-0.15, -0.1) is 0 Å². The van der Waals surface area contributed by atoms with Gasteiger partial charge in [-0.1, -0.05) is 55.5 Å². The first-order valence-corrected chi connectivity index (χ1v) is 11.6. The van der Waals surface area contributed by atoms with Crippen molar-refractivity contribution in [3.05, 3.63) is 100 Å². The molecule has 1 saturated heterocycles. The fourth-order valence-corrected chi connectivity index (χ4v) is 4.38. The minimum atomic E-state index is -0.0232. The third kappa shape index (κ3) is 5.51. The second-order valence-electron chi connectivity index (χ2n) is 7.42. The molecule has 0 spiro atoms. The summed E-state index contributed by atoms with van der Waals surface area (Å²) in [6, 6.07) is 26.8. The number of ether oxygens (including phenoxy) is 1. The van der Waals surface area contributed by atoms with Crippen LogP contribution >= 0.6 is 11.8 Å². The summed E-state index contributed by atoms with van der Waals surface area (Å²) >= 11 is 1.40. The molecular formula is C27H23N3O2S. The summed E-state index contributed by atoms with van der Waals surface area (Å²) in [6.07, 6.45) is 2.74. The number of nitriles is 1. The Bertz CT molecular complexity index is 1230. The molecule has 0 N–H and O–H groups in total. The van der Waals surface area contributed by atoms with Crippen LogP contribution in [0, 0.1) is 11.3 Å². The lowest BCUT2D eigenvalue weighted by Gasteiger charge is -2.13. The molecule has 1 amide bonds. The Hall–Kier alpha value is -3.82. The predicted octanol–water partition coefficient (Wildman–Crippen LogP) is 6.15. The number of amides is 1. The summed E-state index contributed by atoms with van der Waals surface area (Å²) in [4.78, 5) is 20.1. The number of para-hydroxylation sites is 1. The van der Waals surface area contributed by atoms with Crippen LogP contribution in [0.3, 0.4) is 0 Å². The Morgan fingerprint density at radius 2 is 1.76 bits per heavy atom. The van der Waals surface area contributed by atoms with Gasteiger partial charge in [-0.25, -0.2) is 4.99 Å². The highest BCUT2D eigenvalue weighted by molar-refractivity contribution is 8.18. The van der Waals surface area contributed by atoms with E-state index in [4.69, 9.17) is 4.74 Å². The summed E-state index contributed by atoms with van der Waals surface area (Å²) < 4.78 is 5.84. The molecule has 1 aliphatic heterocycles. The van der Waals surface area contributed by atoms with Crippen LogP contribution in [0.4, 0.5) is 5.69 Å². The molecule has 0 saturated carbocycles. The van der Waals surface area contributed by atoms with Gasteiger partial charge in [0.1, 0.15) is 12.4 Å². The molecule has 0 radical (unpaired) electrons. The lowest BCUT2D eigenvalue weighted by atomic mass is 10.1. The van der Waals surface area contributed by atoms with E-state index >= 15 is 0 Å². The maximum atomic E-state index is 13.0. The monoisotopic (exact) mass is 453 g/mol. The van der Waals surface area contributed by atoms with Crippen molar-refractivity contribution in [3.63, 3.8) is 0 Å². The van der Waals surface area contributed by atoms with E-state index in [-0.39, 0.29) is 5.91 Å². The molecule has 5 nitrogen and oxygen atoms in total. The number of nitrogens with zero attached hydrogens (tertiary/aromatic N) is 3. The minimum Gasteiger partial charge on any atom is -0.489 e. The van der Waals surface area contributed by atoms with Crippen molar-refractivity contribution in [2.75, 3.05) is 6.54 Å². The Morgan fingerprint density at radius 1 is 1.03 bits per heavy atom. The first kappa shape index (κ1) is 22.4. The zero-order valence-electron chi connectivity index (χ0n) is 18.3. The summed E-state index contributed by atoms with van der Waals surface area (Å²) in [6.45, 7) is 3.00. The number of benzene rings is 3. The molecule has 3 aromatic rings. The average Bonchev–Trinajstić information content (AvgIpc) is 3.13. The van der Waals surface area contributed by atoms with Gasteiger partial charge >= 0.3 is 0 Å². The molecular weight excluding hydrogens is 430 g/mol. The molecule has 0 aromatic heterocycles. The molecule has 164 valence electrons. The van der Waals surface area contributed by atoms with E-state index in [0.29, 0.717) is 34.5 Å². The maximum absolute atomic E-state index is 13.0. The SMILES string of the molecule is CCCN1C(=O)/C(=C\c2ccc(OCc3ccccc3C#N)cc2)SC1=Nc1ccccc1. The Kier molecular flexibility index (Phi) is 7.23. The van der Waals surface area contributed by atoms with Crippen LogP contribution in [-0.2, 0) is 11.4 Å². The van der Waals surface area contributed by atoms with E-state index in [9.17, 15) is 10.1 Å². The zero-order valence-corrected chi connectivity index (χ0v) is 19.1. The van der Waals surface area contributed by atoms with Crippen LogP contribution < -0.4 is 4.74 Å². The molecule has 33 heavy (non-hydrogen) atoms. The van der Waals surface area contributed by atoms with Gasteiger partial charge in [0.15, 0.2) is 5.17 Å². The van der Waals surface area contributed by atoms with E-state index in [0.717, 1.165) is 23.2 Å². The largest absolute Gasteiger partial charge is 0.489 e. The molecule has 3 aromatic carbocycles. The highest BCUT2D eigenvalue weighted by Crippen LogP contribution is 2.34. The van der Waals surface area contributed by atoms with E-state index in [1.807, 2.05) is 85.8 Å². The molecule has 1 fully saturated rings. The molecule has 1 heterocycles. The number of hydrogen-bond donors (Lipinski definition) is 0. The number of carbonyl (C=O) groups excluding carboxylic acids is 1. The smallest absolute Gasteiger partial charge is 0.266 e. The maximum Gasteiger partial charge on any atom is 0.266 e. The van der Waals surface area contributed by atoms with Crippen LogP contribution in [0.25, 0.3) is 6.08 Å². The number of rotatable bonds is 7. The number of amidine groups is 1. The topological polar surface area (TPSA) is 65.7 Å². The second-order valence-corrected chi connectivity index (χ2v) is 8.43. The minimum absolute atomic E-state index is 0.0232. The van der Waals surface area contributed by atoms with Crippen molar-refractivity contribution in [2.45, 2.75) is 20.0 Å². The van der Waals surface area contributed by atoms with E-state index in [2.05, 4.69) is 11.1 Å². The number of thioether (sulfide) groups is 1. The summed E-state index contributed by atoms with van der Waals surface area (Å²) in [5, 5.41) is 9.91. The van der Waals surface area contributed by atoms with Crippen LogP contribution in [0.5, 0.6) is 5.75 Å². The second kappa shape index (κ2) is 10.7. The fraction of sp³-hybridized carbons (Fsp3) is 0.148. The van der Waals surface area contributed by atoms with Gasteiger partial charge in [-0.05, 0) is 60.2 Å². The van der Waals surface area contributed by atoms with Crippen LogP contribution in [-0.4, -0.2) is 22.5 Å². The Labute approximate surface area is 198 Å². The van der Waals surface area contributed by atoms with E-state index in [1.54, 1.807) is 11.0 Å². The summed E-state index contributed by atoms with van der Waals surface area (Å²) in [5.41, 5.74) is 3.20. The van der Waals surface area contributed by atoms with Gasteiger partial charge in [-0.3, -0.25) is 9.69 Å². The van der Waals surface area contributed by atoms with Gasteiger partial charge in [0, 0.05) is 12.1 Å². The standard InChI is InChI=1S/C27H23N3O2S/c1-2-16-30-26(31)25(33-27(30)29-23-10-4-3-5-11-23)17-20-12-14-24(15-13-20)32-19-22-9-7-6-8-21(22)18-28/h3-15,17H,2,16,19H2,1H3/b25-17+,29-27?. The van der Waals surface area contributed by atoms with Crippen molar-refractivity contribution in [1.82, 2.24) is 4.90 Å². The third-order valence-corrected chi connectivity index (χ3v) is 6.03. The first-order valence-electron chi connectivity index (χ1n) is 10.7. The number of aliphatic imine (C=N–C) groups is 1. The van der Waals surface area contributed by atoms with Crippen LogP contribution in [0.2, 0.25) is 0 Å². The highest BCUT2D eigenvalue weighted by Gasteiger charge is 2.32. The van der Waals surface area contributed by atoms with Crippen molar-refractivity contribution in [2.24, 2.45) is 4.99 Å². The van der Waals surface area contributed by atoms with Crippen LogP contribution in [0.15, 0.2) is 88.8 Å². The third-order valence-electron chi connectivity index (χ3n) is 5.03. The van der Waals surface area contributed by atoms with Crippen molar-refractivity contribution >= 4 is 34.6 Å². The van der Waals surface area contributed by atoms with Gasteiger partial charge in [-0.2, -0.15) is 5.26 Å². The summed E-state index contributed by atoms with van der Waals surface area (Å²) in [5.74, 6) is 0.680. The fourth-order valence-electron chi connectivity index (χ4n) is 3.35. The lowest BCUT2D eigenvalue weighted by Crippen LogP contribution is -2.29. The average molecular weight is 454 g/mol. The molecule has 4 rings (SSSR count). The molecule has 6 heteroatoms. The molecule has 0 bridgehead atoms. The van der Waals surface area contributed by atoms with Gasteiger partial charge in [0.2, 0.25) is 0 Å².